The van der Waals surface area contributed by atoms with E-state index in [4.69, 9.17) is 0 Å². The minimum Gasteiger partial charge on any atom is -0.288 e. The minimum absolute atomic E-state index is 0.0231. The fourth-order valence-electron chi connectivity index (χ4n) is 2.77. The molecule has 2 heterocycles. The molecule has 2 nitrogen and oxygen atoms in total. The lowest BCUT2D eigenvalue weighted by atomic mass is 10.0. The molecule has 22 heavy (non-hydrogen) atoms. The second-order valence-electron chi connectivity index (χ2n) is 5.42. The minimum atomic E-state index is -0.0231. The zero-order valence-electron chi connectivity index (χ0n) is 12.1. The number of carbonyl (C=O) groups excluding carboxylic acids is 2. The summed E-state index contributed by atoms with van der Waals surface area (Å²) in [5.41, 5.74) is 3.59. The van der Waals surface area contributed by atoms with Gasteiger partial charge in [-0.25, -0.2) is 0 Å². The van der Waals surface area contributed by atoms with Gasteiger partial charge < -0.3 is 0 Å². The molecule has 2 aromatic rings. The number of hydrogen-bond donors (Lipinski definition) is 0. The lowest BCUT2D eigenvalue weighted by Crippen LogP contribution is -2.01. The summed E-state index contributed by atoms with van der Waals surface area (Å²) in [6, 6.07) is 11.5. The van der Waals surface area contributed by atoms with Crippen LogP contribution in [-0.4, -0.2) is 11.6 Å². The fourth-order valence-corrected chi connectivity index (χ4v) is 5.21. The molecule has 0 bridgehead atoms. The molecule has 0 N–H and O–H groups in total. The number of carbonyl (C=O) groups is 2. The van der Waals surface area contributed by atoms with Gasteiger partial charge in [0.25, 0.3) is 0 Å². The standard InChI is InChI=1S/C18H12O2S2/c1-9-5-3-7-11-13(19)17(21-15(9)11)18-14(20)12-8-4-6-10(2)16(12)22-18/h3-8H,1-2H3. The zero-order valence-corrected chi connectivity index (χ0v) is 13.7. The van der Waals surface area contributed by atoms with Crippen LogP contribution < -0.4 is 0 Å². The van der Waals surface area contributed by atoms with Crippen LogP contribution in [0, 0.1) is 13.8 Å². The van der Waals surface area contributed by atoms with Crippen molar-refractivity contribution in [3.05, 3.63) is 68.5 Å². The van der Waals surface area contributed by atoms with Gasteiger partial charge in [0, 0.05) is 20.9 Å². The third-order valence-corrected chi connectivity index (χ3v) is 6.75. The van der Waals surface area contributed by atoms with E-state index in [1.807, 2.05) is 50.2 Å². The van der Waals surface area contributed by atoms with Gasteiger partial charge >= 0.3 is 0 Å². The molecule has 4 heteroatoms. The number of allylic oxidation sites excluding steroid dienone is 2. The topological polar surface area (TPSA) is 34.1 Å². The summed E-state index contributed by atoms with van der Waals surface area (Å²) in [7, 11) is 0. The molecule has 4 rings (SSSR count). The molecule has 0 aromatic heterocycles. The molecule has 0 unspecified atom stereocenters. The molecular formula is C18H12O2S2. The van der Waals surface area contributed by atoms with Crippen molar-refractivity contribution in [2.45, 2.75) is 23.6 Å². The van der Waals surface area contributed by atoms with Crippen molar-refractivity contribution < 1.29 is 9.59 Å². The molecule has 0 saturated carbocycles. The predicted octanol–water partition coefficient (Wildman–Crippen LogP) is 4.79. The molecule has 2 aliphatic heterocycles. The SMILES string of the molecule is Cc1cccc2c1SC(=C1Sc3c(C)cccc3C1=O)C2=O. The zero-order chi connectivity index (χ0) is 15.4. The first-order chi connectivity index (χ1) is 10.6. The van der Waals surface area contributed by atoms with Crippen molar-refractivity contribution in [1.29, 1.82) is 0 Å². The maximum Gasteiger partial charge on any atom is 0.202 e. The summed E-state index contributed by atoms with van der Waals surface area (Å²) in [5, 5.41) is 0. The van der Waals surface area contributed by atoms with Gasteiger partial charge in [0.1, 0.15) is 0 Å². The van der Waals surface area contributed by atoms with Crippen LogP contribution in [0.3, 0.4) is 0 Å². The number of benzene rings is 2. The van der Waals surface area contributed by atoms with E-state index in [0.717, 1.165) is 20.9 Å². The van der Waals surface area contributed by atoms with Crippen molar-refractivity contribution in [1.82, 2.24) is 0 Å². The average Bonchev–Trinajstić information content (AvgIpc) is 3.01. The van der Waals surface area contributed by atoms with Crippen molar-refractivity contribution in [3.8, 4) is 0 Å². The van der Waals surface area contributed by atoms with Crippen LogP contribution in [0.25, 0.3) is 0 Å². The lowest BCUT2D eigenvalue weighted by molar-refractivity contribution is 0.101. The smallest absolute Gasteiger partial charge is 0.202 e. The predicted molar refractivity (Wildman–Crippen MR) is 89.8 cm³/mol. The van der Waals surface area contributed by atoms with Gasteiger partial charge in [0.05, 0.1) is 9.81 Å². The van der Waals surface area contributed by atoms with E-state index in [1.54, 1.807) is 0 Å². The summed E-state index contributed by atoms with van der Waals surface area (Å²) >= 11 is 2.87. The molecule has 0 fully saturated rings. The van der Waals surface area contributed by atoms with Crippen LogP contribution in [0.15, 0.2) is 56.0 Å². The second kappa shape index (κ2) is 4.86. The van der Waals surface area contributed by atoms with Gasteiger partial charge in [-0.05, 0) is 37.1 Å². The highest BCUT2D eigenvalue weighted by Gasteiger charge is 2.36. The highest BCUT2D eigenvalue weighted by molar-refractivity contribution is 8.08. The molecular weight excluding hydrogens is 312 g/mol. The Morgan fingerprint density at radius 2 is 1.09 bits per heavy atom. The highest BCUT2D eigenvalue weighted by Crippen LogP contribution is 2.51. The summed E-state index contributed by atoms with van der Waals surface area (Å²) in [4.78, 5) is 28.5. The first kappa shape index (κ1) is 13.9. The van der Waals surface area contributed by atoms with Crippen molar-refractivity contribution in [3.63, 3.8) is 0 Å². The number of rotatable bonds is 0. The third kappa shape index (κ3) is 1.84. The van der Waals surface area contributed by atoms with Crippen LogP contribution in [0.5, 0.6) is 0 Å². The molecule has 0 saturated heterocycles. The average molecular weight is 324 g/mol. The van der Waals surface area contributed by atoms with Gasteiger partial charge in [0.15, 0.2) is 0 Å². The Morgan fingerprint density at radius 3 is 1.45 bits per heavy atom. The number of Topliss-reactive ketones (excluding diaryl/α,β-unsaturated/α-hetero) is 2. The van der Waals surface area contributed by atoms with Gasteiger partial charge in [-0.1, -0.05) is 47.8 Å². The Hall–Kier alpha value is -1.78. The van der Waals surface area contributed by atoms with Crippen molar-refractivity contribution in [2.75, 3.05) is 0 Å². The lowest BCUT2D eigenvalue weighted by Gasteiger charge is -2.00. The third-order valence-electron chi connectivity index (χ3n) is 3.94. The summed E-state index contributed by atoms with van der Waals surface area (Å²) in [6.07, 6.45) is 0. The maximum atomic E-state index is 12.7. The molecule has 0 spiro atoms. The number of aryl methyl sites for hydroxylation is 2. The quantitative estimate of drug-likeness (QED) is 0.652. The summed E-state index contributed by atoms with van der Waals surface area (Å²) in [5.74, 6) is -0.0463. The number of fused-ring (bicyclic) bond motifs is 2. The maximum absolute atomic E-state index is 12.7. The first-order valence-corrected chi connectivity index (χ1v) is 8.60. The van der Waals surface area contributed by atoms with Crippen molar-refractivity contribution in [2.24, 2.45) is 0 Å². The molecule has 0 radical (unpaired) electrons. The Kier molecular flexibility index (Phi) is 3.06. The molecule has 0 atom stereocenters. The summed E-state index contributed by atoms with van der Waals surface area (Å²) in [6.45, 7) is 3.99. The van der Waals surface area contributed by atoms with E-state index in [2.05, 4.69) is 0 Å². The fraction of sp³-hybridized carbons (Fsp3) is 0.111. The second-order valence-corrected chi connectivity index (χ2v) is 7.47. The van der Waals surface area contributed by atoms with E-state index in [1.165, 1.54) is 23.5 Å². The molecule has 0 amide bonds. The molecule has 2 aliphatic rings. The van der Waals surface area contributed by atoms with Crippen LogP contribution in [-0.2, 0) is 0 Å². The number of thioether (sulfide) groups is 2. The molecule has 2 aromatic carbocycles. The monoisotopic (exact) mass is 324 g/mol. The van der Waals surface area contributed by atoms with Crippen molar-refractivity contribution >= 4 is 35.1 Å². The molecule has 108 valence electrons. The number of hydrogen-bond acceptors (Lipinski definition) is 4. The highest BCUT2D eigenvalue weighted by atomic mass is 32.2. The number of ketones is 2. The van der Waals surface area contributed by atoms with Crippen LogP contribution >= 0.6 is 23.5 Å². The summed E-state index contributed by atoms with van der Waals surface area (Å²) < 4.78 is 0. The normalized spacial score (nSPS) is 19.5. The van der Waals surface area contributed by atoms with Crippen LogP contribution in [0.2, 0.25) is 0 Å². The Balaban J connectivity index is 1.86. The first-order valence-electron chi connectivity index (χ1n) is 6.96. The van der Waals surface area contributed by atoms with E-state index in [9.17, 15) is 9.59 Å². The van der Waals surface area contributed by atoms with Gasteiger partial charge in [-0.3, -0.25) is 9.59 Å². The van der Waals surface area contributed by atoms with E-state index in [-0.39, 0.29) is 11.6 Å². The van der Waals surface area contributed by atoms with Gasteiger partial charge in [-0.2, -0.15) is 0 Å². The Labute approximate surface area is 137 Å². The largest absolute Gasteiger partial charge is 0.288 e. The van der Waals surface area contributed by atoms with Gasteiger partial charge in [0.2, 0.25) is 11.6 Å². The Bertz CT molecular complexity index is 820. The Morgan fingerprint density at radius 1 is 0.682 bits per heavy atom. The van der Waals surface area contributed by atoms with E-state index < -0.39 is 0 Å². The van der Waals surface area contributed by atoms with E-state index in [0.29, 0.717) is 20.9 Å². The van der Waals surface area contributed by atoms with Crippen LogP contribution in [0.1, 0.15) is 31.8 Å². The molecule has 0 aliphatic carbocycles. The van der Waals surface area contributed by atoms with E-state index >= 15 is 0 Å². The van der Waals surface area contributed by atoms with Crippen LogP contribution in [0.4, 0.5) is 0 Å². The van der Waals surface area contributed by atoms with Gasteiger partial charge in [-0.15, -0.1) is 0 Å².